The molecular formula is C22H24N2O5S. The number of carbonyl (C=O) groups excluding carboxylic acids is 1. The van der Waals surface area contributed by atoms with E-state index in [1.807, 2.05) is 19.1 Å². The van der Waals surface area contributed by atoms with Crippen LogP contribution < -0.4 is 14.8 Å². The number of amides is 1. The molecule has 0 unspecified atom stereocenters. The van der Waals surface area contributed by atoms with Gasteiger partial charge < -0.3 is 14.8 Å². The summed E-state index contributed by atoms with van der Waals surface area (Å²) < 4.78 is 38.2. The second kappa shape index (κ2) is 6.99. The van der Waals surface area contributed by atoms with Crippen LogP contribution in [-0.2, 0) is 21.2 Å². The van der Waals surface area contributed by atoms with E-state index in [0.717, 1.165) is 12.0 Å². The minimum Gasteiger partial charge on any atom is -0.454 e. The molecule has 1 aliphatic carbocycles. The van der Waals surface area contributed by atoms with Crippen LogP contribution in [0.4, 0.5) is 5.69 Å². The van der Waals surface area contributed by atoms with Crippen molar-refractivity contribution < 1.29 is 22.7 Å². The average Bonchev–Trinajstić information content (AvgIpc) is 3.05. The fourth-order valence-electron chi connectivity index (χ4n) is 4.48. The number of nitrogens with zero attached hydrogens (tertiary/aromatic N) is 1. The van der Waals surface area contributed by atoms with Crippen LogP contribution in [-0.4, -0.2) is 38.5 Å². The number of rotatable bonds is 5. The van der Waals surface area contributed by atoms with Gasteiger partial charge in [0.1, 0.15) is 0 Å². The van der Waals surface area contributed by atoms with E-state index in [1.54, 1.807) is 30.3 Å². The molecular weight excluding hydrogens is 404 g/mol. The van der Waals surface area contributed by atoms with Gasteiger partial charge in [0.25, 0.3) is 0 Å². The van der Waals surface area contributed by atoms with Gasteiger partial charge in [-0.15, -0.1) is 0 Å². The third-order valence-electron chi connectivity index (χ3n) is 6.47. The van der Waals surface area contributed by atoms with Crippen LogP contribution in [0, 0.1) is 11.3 Å². The minimum atomic E-state index is -3.54. The average molecular weight is 429 g/mol. The first kappa shape index (κ1) is 19.4. The number of aryl methyl sites for hydroxylation is 1. The number of carbonyl (C=O) groups is 1. The van der Waals surface area contributed by atoms with Crippen LogP contribution in [0.2, 0.25) is 0 Å². The molecule has 2 fully saturated rings. The molecule has 2 aromatic carbocycles. The van der Waals surface area contributed by atoms with Gasteiger partial charge in [0.2, 0.25) is 22.7 Å². The van der Waals surface area contributed by atoms with Gasteiger partial charge in [-0.25, -0.2) is 8.42 Å². The van der Waals surface area contributed by atoms with Crippen LogP contribution in [0.15, 0.2) is 47.4 Å². The molecule has 2 atom stereocenters. The smallest absolute Gasteiger partial charge is 0.243 e. The van der Waals surface area contributed by atoms with E-state index in [0.29, 0.717) is 48.0 Å². The van der Waals surface area contributed by atoms with Crippen LogP contribution in [0.3, 0.4) is 0 Å². The molecule has 2 aromatic rings. The maximum Gasteiger partial charge on any atom is 0.243 e. The van der Waals surface area contributed by atoms with E-state index in [2.05, 4.69) is 5.32 Å². The predicted molar refractivity (Wildman–Crippen MR) is 111 cm³/mol. The number of sulfonamides is 1. The Bertz CT molecular complexity index is 1100. The largest absolute Gasteiger partial charge is 0.454 e. The molecule has 1 saturated heterocycles. The molecule has 2 aliphatic heterocycles. The van der Waals surface area contributed by atoms with Crippen LogP contribution in [0.5, 0.6) is 11.5 Å². The van der Waals surface area contributed by atoms with E-state index in [1.165, 1.54) is 4.31 Å². The number of fused-ring (bicyclic) bond motifs is 1. The lowest BCUT2D eigenvalue weighted by molar-refractivity contribution is -0.118. The summed E-state index contributed by atoms with van der Waals surface area (Å²) in [7, 11) is -3.54. The molecule has 1 spiro atoms. The zero-order valence-corrected chi connectivity index (χ0v) is 17.6. The van der Waals surface area contributed by atoms with Gasteiger partial charge in [0, 0.05) is 30.8 Å². The van der Waals surface area contributed by atoms with Crippen LogP contribution in [0.25, 0.3) is 0 Å². The molecule has 1 saturated carbocycles. The molecule has 2 heterocycles. The molecule has 30 heavy (non-hydrogen) atoms. The Morgan fingerprint density at radius 2 is 1.93 bits per heavy atom. The Kier molecular flexibility index (Phi) is 4.52. The highest BCUT2D eigenvalue weighted by atomic mass is 32.2. The lowest BCUT2D eigenvalue weighted by Crippen LogP contribution is -2.30. The standard InChI is InChI=1S/C22H24N2O5S/c1-2-15-3-6-17(7-4-15)30(26,27)24-10-9-22(13-24)12-18(22)21(25)23-16-5-8-19-20(11-16)29-14-28-19/h3-8,11,18H,2,9-10,12-14H2,1H3,(H,23,25)/t18-,22-/m0/s1. The van der Waals surface area contributed by atoms with Gasteiger partial charge in [-0.2, -0.15) is 4.31 Å². The Balaban J connectivity index is 1.25. The molecule has 158 valence electrons. The predicted octanol–water partition coefficient (Wildman–Crippen LogP) is 3.02. The summed E-state index contributed by atoms with van der Waals surface area (Å²) in [5.41, 5.74) is 1.51. The fourth-order valence-corrected chi connectivity index (χ4v) is 6.02. The van der Waals surface area contributed by atoms with Crippen molar-refractivity contribution in [2.45, 2.75) is 31.1 Å². The Hall–Kier alpha value is -2.58. The molecule has 0 aromatic heterocycles. The first-order valence-electron chi connectivity index (χ1n) is 10.2. The summed E-state index contributed by atoms with van der Waals surface area (Å²) in [6, 6.07) is 12.4. The second-order valence-corrected chi connectivity index (χ2v) is 10.2. The summed E-state index contributed by atoms with van der Waals surface area (Å²) in [5.74, 6) is 1.04. The molecule has 5 rings (SSSR count). The Morgan fingerprint density at radius 3 is 2.70 bits per heavy atom. The maximum absolute atomic E-state index is 13.0. The van der Waals surface area contributed by atoms with Gasteiger partial charge in [0.05, 0.1) is 4.90 Å². The van der Waals surface area contributed by atoms with Crippen molar-refractivity contribution in [1.82, 2.24) is 4.31 Å². The first-order chi connectivity index (χ1) is 14.4. The molecule has 7 nitrogen and oxygen atoms in total. The summed E-state index contributed by atoms with van der Waals surface area (Å²) in [4.78, 5) is 13.1. The van der Waals surface area contributed by atoms with Crippen molar-refractivity contribution in [2.75, 3.05) is 25.2 Å². The van der Waals surface area contributed by atoms with Crippen molar-refractivity contribution in [2.24, 2.45) is 11.3 Å². The quantitative estimate of drug-likeness (QED) is 0.791. The topological polar surface area (TPSA) is 84.9 Å². The Labute approximate surface area is 176 Å². The zero-order chi connectivity index (χ0) is 20.9. The van der Waals surface area contributed by atoms with Crippen LogP contribution in [0.1, 0.15) is 25.3 Å². The van der Waals surface area contributed by atoms with Gasteiger partial charge in [0.15, 0.2) is 11.5 Å². The summed E-state index contributed by atoms with van der Waals surface area (Å²) >= 11 is 0. The SMILES string of the molecule is CCc1ccc(S(=O)(=O)N2CC[C@]3(C[C@H]3C(=O)Nc3ccc4c(c3)OCO4)C2)cc1. The normalized spacial score (nSPS) is 24.9. The van der Waals surface area contributed by atoms with Crippen molar-refractivity contribution >= 4 is 21.6 Å². The van der Waals surface area contributed by atoms with Crippen molar-refractivity contribution in [3.8, 4) is 11.5 Å². The molecule has 3 aliphatic rings. The van der Waals surface area contributed by atoms with Gasteiger partial charge in [-0.1, -0.05) is 19.1 Å². The highest BCUT2D eigenvalue weighted by Crippen LogP contribution is 2.59. The summed E-state index contributed by atoms with van der Waals surface area (Å²) in [6.07, 6.45) is 2.29. The Morgan fingerprint density at radius 1 is 1.17 bits per heavy atom. The number of benzene rings is 2. The maximum atomic E-state index is 13.0. The number of hydrogen-bond acceptors (Lipinski definition) is 5. The summed E-state index contributed by atoms with van der Waals surface area (Å²) in [6.45, 7) is 3.06. The third-order valence-corrected chi connectivity index (χ3v) is 8.33. The first-order valence-corrected chi connectivity index (χ1v) is 11.6. The number of ether oxygens (including phenoxy) is 2. The summed E-state index contributed by atoms with van der Waals surface area (Å²) in [5, 5.41) is 2.94. The van der Waals surface area contributed by atoms with Crippen molar-refractivity contribution in [3.63, 3.8) is 0 Å². The zero-order valence-electron chi connectivity index (χ0n) is 16.8. The molecule has 8 heteroatoms. The van der Waals surface area contributed by atoms with E-state index in [4.69, 9.17) is 9.47 Å². The third kappa shape index (κ3) is 3.24. The van der Waals surface area contributed by atoms with Gasteiger partial charge in [-0.3, -0.25) is 4.79 Å². The van der Waals surface area contributed by atoms with E-state index >= 15 is 0 Å². The lowest BCUT2D eigenvalue weighted by atomic mass is 10.0. The fraction of sp³-hybridized carbons (Fsp3) is 0.409. The van der Waals surface area contributed by atoms with Crippen molar-refractivity contribution in [3.05, 3.63) is 48.0 Å². The molecule has 1 amide bonds. The molecule has 0 bridgehead atoms. The number of anilines is 1. The van der Waals surface area contributed by atoms with E-state index in [-0.39, 0.29) is 24.0 Å². The highest BCUT2D eigenvalue weighted by molar-refractivity contribution is 7.89. The minimum absolute atomic E-state index is 0.0691. The lowest BCUT2D eigenvalue weighted by Gasteiger charge is -2.17. The van der Waals surface area contributed by atoms with E-state index in [9.17, 15) is 13.2 Å². The van der Waals surface area contributed by atoms with Gasteiger partial charge in [-0.05, 0) is 54.5 Å². The van der Waals surface area contributed by atoms with Gasteiger partial charge >= 0.3 is 0 Å². The second-order valence-electron chi connectivity index (χ2n) is 8.26. The van der Waals surface area contributed by atoms with Crippen molar-refractivity contribution in [1.29, 1.82) is 0 Å². The highest BCUT2D eigenvalue weighted by Gasteiger charge is 2.62. The number of nitrogens with one attached hydrogen (secondary N) is 1. The molecule has 1 N–H and O–H groups in total. The molecule has 0 radical (unpaired) electrons. The van der Waals surface area contributed by atoms with E-state index < -0.39 is 10.0 Å². The van der Waals surface area contributed by atoms with Crippen LogP contribution >= 0.6 is 0 Å². The number of hydrogen-bond donors (Lipinski definition) is 1. The monoisotopic (exact) mass is 428 g/mol.